The first-order valence-electron chi connectivity index (χ1n) is 19.4. The smallest absolute Gasteiger partial charge is 0.160 e. The van der Waals surface area contributed by atoms with Gasteiger partial charge in [0.15, 0.2) is 11.6 Å². The van der Waals surface area contributed by atoms with E-state index in [1.165, 1.54) is 48.8 Å². The number of benzene rings is 6. The minimum Gasteiger partial charge on any atom is -0.228 e. The summed E-state index contributed by atoms with van der Waals surface area (Å²) in [7, 11) is 0. The molecule has 0 unspecified atom stereocenters. The SMILES string of the molecule is c1ccc(-c2ccc(-c3cc(-c4ccccc4)nc(-c4cccc(-c5cc(-c6cccc(C78CCC(CC7)C8)c6)nc(-c6ccccc6)n5)c4)n3)cc2)cc1. The second-order valence-corrected chi connectivity index (χ2v) is 15.2. The highest BCUT2D eigenvalue weighted by molar-refractivity contribution is 5.77. The van der Waals surface area contributed by atoms with E-state index in [1.54, 1.807) is 0 Å². The van der Waals surface area contributed by atoms with Crippen LogP contribution in [0.1, 0.15) is 37.7 Å². The number of rotatable bonds is 8. The Kier molecular flexibility index (Phi) is 8.44. The topological polar surface area (TPSA) is 51.6 Å². The molecule has 2 aromatic heterocycles. The van der Waals surface area contributed by atoms with Crippen molar-refractivity contribution in [2.24, 2.45) is 5.92 Å². The van der Waals surface area contributed by atoms with Crippen molar-refractivity contribution >= 4 is 0 Å². The summed E-state index contributed by atoms with van der Waals surface area (Å²) in [6.07, 6.45) is 6.63. The Morgan fingerprint density at radius 2 is 0.764 bits per heavy atom. The molecule has 0 atom stereocenters. The van der Waals surface area contributed by atoms with E-state index in [9.17, 15) is 0 Å². The van der Waals surface area contributed by atoms with Crippen LogP contribution in [0.25, 0.3) is 78.9 Å². The number of hydrogen-bond acceptors (Lipinski definition) is 4. The lowest BCUT2D eigenvalue weighted by Crippen LogP contribution is -2.19. The van der Waals surface area contributed by atoms with Crippen LogP contribution in [-0.4, -0.2) is 19.9 Å². The van der Waals surface area contributed by atoms with Crippen molar-refractivity contribution in [1.29, 1.82) is 0 Å². The minimum atomic E-state index is 0.324. The molecule has 55 heavy (non-hydrogen) atoms. The molecule has 0 amide bonds. The molecule has 4 heteroatoms. The van der Waals surface area contributed by atoms with Crippen LogP contribution in [0.2, 0.25) is 0 Å². The molecule has 2 saturated carbocycles. The predicted molar refractivity (Wildman–Crippen MR) is 224 cm³/mol. The molecule has 0 N–H and O–H groups in total. The van der Waals surface area contributed by atoms with Gasteiger partial charge in [0.1, 0.15) is 0 Å². The van der Waals surface area contributed by atoms with E-state index in [0.29, 0.717) is 17.1 Å². The molecule has 0 aliphatic heterocycles. The highest BCUT2D eigenvalue weighted by Gasteiger charge is 2.45. The highest BCUT2D eigenvalue weighted by atomic mass is 14.9. The molecule has 2 aliphatic rings. The van der Waals surface area contributed by atoms with Crippen molar-refractivity contribution in [1.82, 2.24) is 19.9 Å². The minimum absolute atomic E-state index is 0.324. The normalized spacial score (nSPS) is 17.3. The van der Waals surface area contributed by atoms with E-state index in [-0.39, 0.29) is 0 Å². The van der Waals surface area contributed by atoms with Crippen molar-refractivity contribution in [2.45, 2.75) is 37.5 Å². The maximum Gasteiger partial charge on any atom is 0.160 e. The number of nitrogens with zero attached hydrogens (tertiary/aromatic N) is 4. The molecule has 2 heterocycles. The standard InChI is InChI=1S/C51H40N4/c1-4-12-36(13-5-1)37-22-24-39(25-23-37)46-32-45(38-14-6-2-7-15-38)52-50(53-46)43-20-10-18-41(30-43)47-33-48(55-49(54-47)40-16-8-3-9-17-40)42-19-11-21-44(31-42)51-28-26-35(34-51)27-29-51/h1-25,30-33,35H,26-29,34H2. The molecule has 0 spiro atoms. The lowest BCUT2D eigenvalue weighted by atomic mass is 9.77. The average Bonchev–Trinajstić information content (AvgIpc) is 3.91. The Morgan fingerprint density at radius 3 is 1.35 bits per heavy atom. The van der Waals surface area contributed by atoms with E-state index < -0.39 is 0 Å². The molecule has 2 bridgehead atoms. The third-order valence-electron chi connectivity index (χ3n) is 11.8. The number of hydrogen-bond donors (Lipinski definition) is 0. The first-order valence-corrected chi connectivity index (χ1v) is 19.4. The average molecular weight is 709 g/mol. The zero-order valence-corrected chi connectivity index (χ0v) is 30.6. The summed E-state index contributed by atoms with van der Waals surface area (Å²) in [6.45, 7) is 0. The Hall–Kier alpha value is -6.52. The van der Waals surface area contributed by atoms with Gasteiger partial charge in [-0.25, -0.2) is 19.9 Å². The largest absolute Gasteiger partial charge is 0.228 e. The van der Waals surface area contributed by atoms with Gasteiger partial charge in [-0.2, -0.15) is 0 Å². The first-order chi connectivity index (χ1) is 27.2. The van der Waals surface area contributed by atoms with Crippen LogP contribution in [0.4, 0.5) is 0 Å². The van der Waals surface area contributed by atoms with Crippen LogP contribution >= 0.6 is 0 Å². The fourth-order valence-electron chi connectivity index (χ4n) is 8.83. The molecule has 10 rings (SSSR count). The van der Waals surface area contributed by atoms with Gasteiger partial charge < -0.3 is 0 Å². The van der Waals surface area contributed by atoms with Crippen molar-refractivity contribution in [3.8, 4) is 78.9 Å². The Balaban J connectivity index is 1.07. The van der Waals surface area contributed by atoms with Crippen LogP contribution < -0.4 is 0 Å². The summed E-state index contributed by atoms with van der Waals surface area (Å²) in [6, 6.07) is 61.6. The van der Waals surface area contributed by atoms with Gasteiger partial charge in [-0.3, -0.25) is 0 Å². The summed E-state index contributed by atoms with van der Waals surface area (Å²) in [5.74, 6) is 2.27. The van der Waals surface area contributed by atoms with Crippen LogP contribution in [-0.2, 0) is 5.41 Å². The summed E-state index contributed by atoms with van der Waals surface area (Å²) in [5, 5.41) is 0. The summed E-state index contributed by atoms with van der Waals surface area (Å²) in [5.41, 5.74) is 13.8. The maximum absolute atomic E-state index is 5.19. The van der Waals surface area contributed by atoms with E-state index in [2.05, 4.69) is 146 Å². The molecule has 0 radical (unpaired) electrons. The van der Waals surface area contributed by atoms with Crippen molar-refractivity contribution in [3.63, 3.8) is 0 Å². The van der Waals surface area contributed by atoms with Gasteiger partial charge in [-0.1, -0.05) is 152 Å². The zero-order valence-electron chi connectivity index (χ0n) is 30.6. The number of fused-ring (bicyclic) bond motifs is 2. The van der Waals surface area contributed by atoms with E-state index in [1.807, 2.05) is 30.3 Å². The van der Waals surface area contributed by atoms with E-state index in [0.717, 1.165) is 62.1 Å². The highest BCUT2D eigenvalue weighted by Crippen LogP contribution is 2.55. The van der Waals surface area contributed by atoms with Gasteiger partial charge in [0.05, 0.1) is 22.8 Å². The van der Waals surface area contributed by atoms with Gasteiger partial charge in [-0.15, -0.1) is 0 Å². The molecular weight excluding hydrogens is 669 g/mol. The van der Waals surface area contributed by atoms with Crippen LogP contribution in [0, 0.1) is 5.92 Å². The van der Waals surface area contributed by atoms with Gasteiger partial charge in [-0.05, 0) is 84.4 Å². The van der Waals surface area contributed by atoms with E-state index >= 15 is 0 Å². The Morgan fingerprint density at radius 1 is 0.345 bits per heavy atom. The first kappa shape index (κ1) is 33.1. The van der Waals surface area contributed by atoms with Crippen molar-refractivity contribution < 1.29 is 0 Å². The molecular formula is C51H40N4. The monoisotopic (exact) mass is 708 g/mol. The number of aromatic nitrogens is 4. The molecule has 2 fully saturated rings. The Labute approximate surface area is 322 Å². The third-order valence-corrected chi connectivity index (χ3v) is 11.8. The lowest BCUT2D eigenvalue weighted by molar-refractivity contribution is 0.419. The fraction of sp³-hybridized carbons (Fsp3) is 0.137. The van der Waals surface area contributed by atoms with Crippen molar-refractivity contribution in [3.05, 3.63) is 181 Å². The molecule has 8 aromatic rings. The second-order valence-electron chi connectivity index (χ2n) is 15.2. The second kappa shape index (κ2) is 14.0. The van der Waals surface area contributed by atoms with E-state index in [4.69, 9.17) is 19.9 Å². The summed E-state index contributed by atoms with van der Waals surface area (Å²) >= 11 is 0. The molecule has 264 valence electrons. The molecule has 6 aromatic carbocycles. The van der Waals surface area contributed by atoms with Gasteiger partial charge in [0.2, 0.25) is 0 Å². The summed E-state index contributed by atoms with van der Waals surface area (Å²) < 4.78 is 0. The van der Waals surface area contributed by atoms with Gasteiger partial charge in [0, 0.05) is 33.4 Å². The van der Waals surface area contributed by atoms with Gasteiger partial charge in [0.25, 0.3) is 0 Å². The maximum atomic E-state index is 5.19. The molecule has 4 nitrogen and oxygen atoms in total. The lowest BCUT2D eigenvalue weighted by Gasteiger charge is -2.27. The molecule has 2 aliphatic carbocycles. The summed E-state index contributed by atoms with van der Waals surface area (Å²) in [4.78, 5) is 20.7. The molecule has 0 saturated heterocycles. The fourth-order valence-corrected chi connectivity index (χ4v) is 8.83. The van der Waals surface area contributed by atoms with Crippen LogP contribution in [0.5, 0.6) is 0 Å². The predicted octanol–water partition coefficient (Wildman–Crippen LogP) is 12.8. The third kappa shape index (κ3) is 6.55. The zero-order chi connectivity index (χ0) is 36.6. The van der Waals surface area contributed by atoms with Crippen LogP contribution in [0.15, 0.2) is 176 Å². The Bertz CT molecular complexity index is 2610. The van der Waals surface area contributed by atoms with Gasteiger partial charge >= 0.3 is 0 Å². The van der Waals surface area contributed by atoms with Crippen molar-refractivity contribution in [2.75, 3.05) is 0 Å². The quantitative estimate of drug-likeness (QED) is 0.158. The van der Waals surface area contributed by atoms with Crippen LogP contribution in [0.3, 0.4) is 0 Å².